The van der Waals surface area contributed by atoms with Crippen LogP contribution < -0.4 is 15.8 Å². The van der Waals surface area contributed by atoms with Gasteiger partial charge in [-0.2, -0.15) is 10.4 Å². The van der Waals surface area contributed by atoms with Gasteiger partial charge in [-0.05, 0) is 74.7 Å². The number of nitriles is 1. The number of nitrogen functional groups attached to an aromatic ring is 1. The van der Waals surface area contributed by atoms with Crippen molar-refractivity contribution in [1.82, 2.24) is 15.1 Å². The Bertz CT molecular complexity index is 1150. The molecule has 1 aromatic heterocycles. The summed E-state index contributed by atoms with van der Waals surface area (Å²) in [4.78, 5) is 12.3. The van der Waals surface area contributed by atoms with Crippen LogP contribution >= 0.6 is 11.6 Å². The largest absolute Gasteiger partial charge is 0.481 e. The maximum atomic E-state index is 13.2. The Morgan fingerprint density at radius 1 is 1.34 bits per heavy atom. The molecule has 7 nitrogen and oxygen atoms in total. The highest BCUT2D eigenvalue weighted by Crippen LogP contribution is 2.23. The number of ether oxygens (including phenoxy) is 1. The third kappa shape index (κ3) is 5.37. The van der Waals surface area contributed by atoms with E-state index in [4.69, 9.17) is 22.1 Å². The summed E-state index contributed by atoms with van der Waals surface area (Å²) in [5.41, 5.74) is 8.26. The summed E-state index contributed by atoms with van der Waals surface area (Å²) in [6, 6.07) is 12.9. The number of aromatic nitrogens is 2. The molecule has 1 atom stereocenters. The molecule has 0 aliphatic heterocycles. The lowest BCUT2D eigenvalue weighted by atomic mass is 10.1. The van der Waals surface area contributed by atoms with Crippen molar-refractivity contribution in [2.75, 3.05) is 12.3 Å². The highest BCUT2D eigenvalue weighted by molar-refractivity contribution is 6.30. The minimum absolute atomic E-state index is 0.193. The van der Waals surface area contributed by atoms with Crippen LogP contribution in [0.5, 0.6) is 5.75 Å². The lowest BCUT2D eigenvalue weighted by Gasteiger charge is -2.16. The number of carbonyl (C=O) groups is 1. The van der Waals surface area contributed by atoms with Crippen LogP contribution in [0, 0.1) is 24.1 Å². The first-order chi connectivity index (χ1) is 15.3. The molecule has 0 fully saturated rings. The molecule has 0 saturated carbocycles. The normalized spacial score (nSPS) is 11.6. The Hall–Kier alpha value is -3.57. The average molecular weight is 456 g/mol. The van der Waals surface area contributed by atoms with E-state index >= 15 is 0 Å². The zero-order chi connectivity index (χ0) is 23.3. The number of nitrogens with zero attached hydrogens (tertiary/aromatic N) is 3. The van der Waals surface area contributed by atoms with Crippen molar-refractivity contribution in [1.29, 1.82) is 5.26 Å². The summed E-state index contributed by atoms with van der Waals surface area (Å²) in [6.45, 7) is 3.90. The minimum atomic E-state index is -0.683. The zero-order valence-corrected chi connectivity index (χ0v) is 18.5. The van der Waals surface area contributed by atoms with E-state index in [1.807, 2.05) is 6.92 Å². The van der Waals surface area contributed by atoms with E-state index in [1.54, 1.807) is 25.1 Å². The van der Waals surface area contributed by atoms with Gasteiger partial charge in [-0.15, -0.1) is 0 Å². The Morgan fingerprint density at radius 2 is 2.06 bits per heavy atom. The van der Waals surface area contributed by atoms with E-state index in [0.717, 1.165) is 5.56 Å². The molecular weight excluding hydrogens is 433 g/mol. The van der Waals surface area contributed by atoms with Crippen LogP contribution in [0.4, 0.5) is 10.2 Å². The number of anilines is 1. The third-order valence-corrected chi connectivity index (χ3v) is 5.11. The lowest BCUT2D eigenvalue weighted by molar-refractivity contribution is -0.127. The minimum Gasteiger partial charge on any atom is -0.481 e. The fourth-order valence-electron chi connectivity index (χ4n) is 3.15. The number of carbonyl (C=O) groups excluding carboxylic acids is 1. The molecule has 3 rings (SSSR count). The maximum Gasteiger partial charge on any atom is 0.260 e. The highest BCUT2D eigenvalue weighted by atomic mass is 35.5. The second-order valence-corrected chi connectivity index (χ2v) is 7.71. The van der Waals surface area contributed by atoms with Gasteiger partial charge in [-0.3, -0.25) is 4.79 Å². The van der Waals surface area contributed by atoms with Crippen LogP contribution in [-0.2, 0) is 11.2 Å². The molecule has 166 valence electrons. The smallest absolute Gasteiger partial charge is 0.260 e. The third-order valence-electron chi connectivity index (χ3n) is 4.88. The molecular formula is C23H23ClFN5O2. The van der Waals surface area contributed by atoms with Crippen molar-refractivity contribution >= 4 is 23.3 Å². The van der Waals surface area contributed by atoms with Crippen molar-refractivity contribution in [3.8, 4) is 17.5 Å². The van der Waals surface area contributed by atoms with Crippen molar-refractivity contribution in [3.63, 3.8) is 0 Å². The van der Waals surface area contributed by atoms with Gasteiger partial charge in [0.15, 0.2) is 6.10 Å². The molecule has 0 aliphatic rings. The van der Waals surface area contributed by atoms with Crippen LogP contribution in [0.3, 0.4) is 0 Å². The van der Waals surface area contributed by atoms with E-state index in [2.05, 4.69) is 16.5 Å². The molecule has 1 heterocycles. The second-order valence-electron chi connectivity index (χ2n) is 7.27. The number of amides is 1. The fraction of sp³-hybridized carbons (Fsp3) is 0.261. The number of benzene rings is 2. The van der Waals surface area contributed by atoms with Gasteiger partial charge < -0.3 is 15.8 Å². The first-order valence-corrected chi connectivity index (χ1v) is 10.4. The number of rotatable bonds is 8. The molecule has 0 saturated heterocycles. The fourth-order valence-corrected chi connectivity index (χ4v) is 3.38. The van der Waals surface area contributed by atoms with Crippen LogP contribution in [0.25, 0.3) is 5.69 Å². The monoisotopic (exact) mass is 455 g/mol. The molecule has 0 bridgehead atoms. The summed E-state index contributed by atoms with van der Waals surface area (Å²) < 4.78 is 20.3. The Balaban J connectivity index is 1.56. The van der Waals surface area contributed by atoms with Gasteiger partial charge in [0.2, 0.25) is 0 Å². The highest BCUT2D eigenvalue weighted by Gasteiger charge is 2.18. The van der Waals surface area contributed by atoms with Gasteiger partial charge in [0.25, 0.3) is 5.91 Å². The molecule has 0 aliphatic carbocycles. The predicted molar refractivity (Wildman–Crippen MR) is 120 cm³/mol. The Kier molecular flexibility index (Phi) is 7.33. The number of nitrogens with one attached hydrogen (secondary N) is 1. The van der Waals surface area contributed by atoms with Crippen molar-refractivity contribution in [2.24, 2.45) is 0 Å². The second kappa shape index (κ2) is 10.2. The molecule has 2 aromatic carbocycles. The van der Waals surface area contributed by atoms with E-state index in [-0.39, 0.29) is 23.1 Å². The first kappa shape index (κ1) is 23.1. The van der Waals surface area contributed by atoms with Crippen molar-refractivity contribution in [3.05, 3.63) is 70.1 Å². The summed E-state index contributed by atoms with van der Waals surface area (Å²) in [5.74, 6) is 0.160. The summed E-state index contributed by atoms with van der Waals surface area (Å²) in [7, 11) is 0. The molecule has 9 heteroatoms. The average Bonchev–Trinajstić information content (AvgIpc) is 3.08. The standard InChI is InChI=1S/C23H23ClFN5O2/c1-14-12-16(24)5-10-21(14)32-15(2)23(31)28-11-3-4-20-19(13-26)22(27)30(29-20)18-8-6-17(25)7-9-18/h5-10,12,15H,3-4,11,27H2,1-2H3,(H,28,31). The quantitative estimate of drug-likeness (QED) is 0.500. The molecule has 0 spiro atoms. The predicted octanol–water partition coefficient (Wildman–Crippen LogP) is 3.94. The molecule has 0 radical (unpaired) electrons. The van der Waals surface area contributed by atoms with Gasteiger partial charge in [0, 0.05) is 11.6 Å². The number of hydrogen-bond donors (Lipinski definition) is 2. The molecule has 32 heavy (non-hydrogen) atoms. The number of halogens is 2. The molecule has 3 aromatic rings. The first-order valence-electron chi connectivity index (χ1n) is 10.0. The maximum absolute atomic E-state index is 13.2. The summed E-state index contributed by atoms with van der Waals surface area (Å²) >= 11 is 5.94. The van der Waals surface area contributed by atoms with Crippen LogP contribution in [-0.4, -0.2) is 28.3 Å². The van der Waals surface area contributed by atoms with Crippen LogP contribution in [0.2, 0.25) is 5.02 Å². The van der Waals surface area contributed by atoms with Gasteiger partial charge in [-0.1, -0.05) is 11.6 Å². The van der Waals surface area contributed by atoms with Crippen molar-refractivity contribution in [2.45, 2.75) is 32.8 Å². The number of nitrogens with two attached hydrogens (primary N) is 1. The topological polar surface area (TPSA) is 106 Å². The van der Waals surface area contributed by atoms with Crippen LogP contribution in [0.15, 0.2) is 42.5 Å². The van der Waals surface area contributed by atoms with E-state index in [0.29, 0.717) is 41.5 Å². The molecule has 1 amide bonds. The lowest BCUT2D eigenvalue weighted by Crippen LogP contribution is -2.37. The van der Waals surface area contributed by atoms with Gasteiger partial charge in [0.05, 0.1) is 11.4 Å². The zero-order valence-electron chi connectivity index (χ0n) is 17.7. The van der Waals surface area contributed by atoms with Gasteiger partial charge in [0.1, 0.15) is 29.0 Å². The van der Waals surface area contributed by atoms with E-state index < -0.39 is 6.10 Å². The SMILES string of the molecule is Cc1cc(Cl)ccc1OC(C)C(=O)NCCCc1nn(-c2ccc(F)cc2)c(N)c1C#N. The van der Waals surface area contributed by atoms with Crippen LogP contribution in [0.1, 0.15) is 30.2 Å². The Labute approximate surface area is 190 Å². The van der Waals surface area contributed by atoms with E-state index in [1.165, 1.54) is 28.9 Å². The molecule has 1 unspecified atom stereocenters. The number of aryl methyl sites for hydroxylation is 2. The summed E-state index contributed by atoms with van der Waals surface area (Å²) in [5, 5.41) is 17.3. The molecule has 3 N–H and O–H groups in total. The summed E-state index contributed by atoms with van der Waals surface area (Å²) in [6.07, 6.45) is 0.304. The van der Waals surface area contributed by atoms with E-state index in [9.17, 15) is 14.4 Å². The van der Waals surface area contributed by atoms with Gasteiger partial charge in [-0.25, -0.2) is 9.07 Å². The van der Waals surface area contributed by atoms with Gasteiger partial charge >= 0.3 is 0 Å². The van der Waals surface area contributed by atoms with Crippen molar-refractivity contribution < 1.29 is 13.9 Å². The Morgan fingerprint density at radius 3 is 2.72 bits per heavy atom. The number of hydrogen-bond acceptors (Lipinski definition) is 5.